The summed E-state index contributed by atoms with van der Waals surface area (Å²) < 4.78 is 28.7. The number of fused-ring (bicyclic) bond motifs is 1. The van der Waals surface area contributed by atoms with Gasteiger partial charge < -0.3 is 0 Å². The summed E-state index contributed by atoms with van der Waals surface area (Å²) in [6.45, 7) is 4.93. The van der Waals surface area contributed by atoms with Crippen LogP contribution in [0.4, 0.5) is 0 Å². The topological polar surface area (TPSA) is 43.9 Å². The van der Waals surface area contributed by atoms with Gasteiger partial charge in [0.15, 0.2) is 0 Å². The third-order valence-electron chi connectivity index (χ3n) is 5.49. The summed E-state index contributed by atoms with van der Waals surface area (Å²) in [5, 5.41) is 2.19. The lowest BCUT2D eigenvalue weighted by molar-refractivity contribution is 0.125. The Balaban J connectivity index is 1.36. The minimum atomic E-state index is -3.21. The number of hydrogen-bond donors (Lipinski definition) is 0. The maximum Gasteiger partial charge on any atom is 0.281 e. The van der Waals surface area contributed by atoms with E-state index in [2.05, 4.69) is 16.3 Å². The summed E-state index contributed by atoms with van der Waals surface area (Å²) in [6, 6.07) is 2.78. The first-order chi connectivity index (χ1) is 11.1. The van der Waals surface area contributed by atoms with Crippen molar-refractivity contribution in [3.05, 3.63) is 21.9 Å². The van der Waals surface area contributed by atoms with Gasteiger partial charge in [-0.3, -0.25) is 4.90 Å². The van der Waals surface area contributed by atoms with Gasteiger partial charge in [0.05, 0.1) is 0 Å². The Bertz CT molecular complexity index is 644. The molecule has 3 aliphatic rings. The molecule has 4 heterocycles. The van der Waals surface area contributed by atoms with Gasteiger partial charge in [-0.2, -0.15) is 17.0 Å². The molecule has 5 nitrogen and oxygen atoms in total. The summed E-state index contributed by atoms with van der Waals surface area (Å²) in [4.78, 5) is 4.10. The van der Waals surface area contributed by atoms with Crippen LogP contribution < -0.4 is 0 Å². The zero-order valence-corrected chi connectivity index (χ0v) is 15.1. The van der Waals surface area contributed by atoms with Crippen molar-refractivity contribution in [2.45, 2.75) is 44.7 Å². The van der Waals surface area contributed by atoms with Gasteiger partial charge in [0.2, 0.25) is 0 Å². The lowest BCUT2D eigenvalue weighted by Gasteiger charge is -2.40. The highest BCUT2D eigenvalue weighted by atomic mass is 32.2. The van der Waals surface area contributed by atoms with Gasteiger partial charge in [0, 0.05) is 50.2 Å². The van der Waals surface area contributed by atoms with Gasteiger partial charge in [-0.1, -0.05) is 0 Å². The molecule has 0 unspecified atom stereocenters. The number of nitrogens with zero attached hydrogens (tertiary/aromatic N) is 3. The minimum absolute atomic E-state index is 0.535. The molecule has 0 spiro atoms. The van der Waals surface area contributed by atoms with E-state index in [9.17, 15) is 8.42 Å². The van der Waals surface area contributed by atoms with Crippen LogP contribution in [0.25, 0.3) is 0 Å². The van der Waals surface area contributed by atoms with Crippen LogP contribution in [0.15, 0.2) is 11.4 Å². The van der Waals surface area contributed by atoms with Crippen molar-refractivity contribution in [2.75, 3.05) is 32.7 Å². The molecule has 7 heteroatoms. The molecular formula is C16H25N3O2S2. The van der Waals surface area contributed by atoms with E-state index >= 15 is 0 Å². The zero-order valence-electron chi connectivity index (χ0n) is 13.5. The second kappa shape index (κ2) is 6.44. The number of thiophene rings is 1. The third-order valence-corrected chi connectivity index (χ3v) is 8.55. The van der Waals surface area contributed by atoms with E-state index in [0.29, 0.717) is 32.2 Å². The van der Waals surface area contributed by atoms with E-state index in [1.54, 1.807) is 8.61 Å². The Morgan fingerprint density at radius 3 is 2.43 bits per heavy atom. The number of piperidine rings is 1. The van der Waals surface area contributed by atoms with Gasteiger partial charge in [-0.25, -0.2) is 0 Å². The first-order valence-electron chi connectivity index (χ1n) is 8.69. The average Bonchev–Trinajstić information content (AvgIpc) is 3.26. The van der Waals surface area contributed by atoms with Crippen LogP contribution in [-0.2, 0) is 23.2 Å². The molecule has 2 fully saturated rings. The lowest BCUT2D eigenvalue weighted by atomic mass is 10.0. The fourth-order valence-electron chi connectivity index (χ4n) is 4.10. The van der Waals surface area contributed by atoms with E-state index in [-0.39, 0.29) is 0 Å². The Labute approximate surface area is 143 Å². The van der Waals surface area contributed by atoms with Crippen molar-refractivity contribution in [1.82, 2.24) is 13.5 Å². The van der Waals surface area contributed by atoms with Gasteiger partial charge in [-0.05, 0) is 49.1 Å². The largest absolute Gasteiger partial charge is 0.296 e. The van der Waals surface area contributed by atoms with Crippen molar-refractivity contribution < 1.29 is 8.42 Å². The van der Waals surface area contributed by atoms with E-state index in [1.807, 2.05) is 11.3 Å². The van der Waals surface area contributed by atoms with Crippen LogP contribution >= 0.6 is 11.3 Å². The zero-order chi connectivity index (χ0) is 15.9. The molecule has 1 aromatic rings. The lowest BCUT2D eigenvalue weighted by Crippen LogP contribution is -2.51. The third kappa shape index (κ3) is 3.09. The van der Waals surface area contributed by atoms with Gasteiger partial charge in [-0.15, -0.1) is 11.3 Å². The summed E-state index contributed by atoms with van der Waals surface area (Å²) in [7, 11) is -3.21. The van der Waals surface area contributed by atoms with Crippen LogP contribution in [-0.4, -0.2) is 60.7 Å². The van der Waals surface area contributed by atoms with Crippen LogP contribution in [0.2, 0.25) is 0 Å². The summed E-state index contributed by atoms with van der Waals surface area (Å²) in [5.41, 5.74) is 1.48. The van der Waals surface area contributed by atoms with Crippen LogP contribution in [0.5, 0.6) is 0 Å². The smallest absolute Gasteiger partial charge is 0.281 e. The second-order valence-electron chi connectivity index (χ2n) is 6.83. The van der Waals surface area contributed by atoms with E-state index < -0.39 is 10.2 Å². The van der Waals surface area contributed by atoms with Gasteiger partial charge >= 0.3 is 0 Å². The van der Waals surface area contributed by atoms with Crippen LogP contribution in [0.3, 0.4) is 0 Å². The standard InChI is InChI=1S/C16H25N3O2S2/c20-23(21,18-7-1-2-8-18)19-10-3-15(4-11-19)17-9-5-16-14(13-17)6-12-22-16/h6,12,15H,1-5,7-11,13H2. The second-order valence-corrected chi connectivity index (χ2v) is 9.76. The van der Waals surface area contributed by atoms with Crippen molar-refractivity contribution in [3.8, 4) is 0 Å². The Morgan fingerprint density at radius 2 is 1.70 bits per heavy atom. The van der Waals surface area contributed by atoms with Crippen molar-refractivity contribution in [3.63, 3.8) is 0 Å². The molecule has 0 radical (unpaired) electrons. The molecule has 4 rings (SSSR count). The monoisotopic (exact) mass is 355 g/mol. The summed E-state index contributed by atoms with van der Waals surface area (Å²) in [6.07, 6.45) is 5.09. The summed E-state index contributed by atoms with van der Waals surface area (Å²) in [5.74, 6) is 0. The van der Waals surface area contributed by atoms with Gasteiger partial charge in [0.1, 0.15) is 0 Å². The first-order valence-corrected chi connectivity index (χ1v) is 11.0. The molecule has 23 heavy (non-hydrogen) atoms. The Morgan fingerprint density at radius 1 is 1.00 bits per heavy atom. The molecule has 0 bridgehead atoms. The highest BCUT2D eigenvalue weighted by Crippen LogP contribution is 2.29. The number of hydrogen-bond acceptors (Lipinski definition) is 4. The van der Waals surface area contributed by atoms with E-state index in [4.69, 9.17) is 0 Å². The fourth-order valence-corrected chi connectivity index (χ4v) is 6.71. The molecule has 0 atom stereocenters. The average molecular weight is 356 g/mol. The normalized spacial score (nSPS) is 25.7. The molecule has 128 valence electrons. The maximum atomic E-state index is 12.6. The molecule has 0 aromatic carbocycles. The minimum Gasteiger partial charge on any atom is -0.296 e. The summed E-state index contributed by atoms with van der Waals surface area (Å²) >= 11 is 1.87. The molecule has 0 saturated carbocycles. The molecule has 0 N–H and O–H groups in total. The maximum absolute atomic E-state index is 12.6. The van der Waals surface area contributed by atoms with Crippen molar-refractivity contribution in [2.24, 2.45) is 0 Å². The van der Waals surface area contributed by atoms with Crippen molar-refractivity contribution >= 4 is 21.5 Å². The van der Waals surface area contributed by atoms with Crippen LogP contribution in [0, 0.1) is 0 Å². The molecular weight excluding hydrogens is 330 g/mol. The molecule has 0 aliphatic carbocycles. The molecule has 2 saturated heterocycles. The molecule has 0 amide bonds. The van der Waals surface area contributed by atoms with Crippen molar-refractivity contribution in [1.29, 1.82) is 0 Å². The highest BCUT2D eigenvalue weighted by Gasteiger charge is 2.36. The molecule has 3 aliphatic heterocycles. The quantitative estimate of drug-likeness (QED) is 0.832. The predicted octanol–water partition coefficient (Wildman–Crippen LogP) is 1.91. The Hall–Kier alpha value is -0.470. The SMILES string of the molecule is O=S(=O)(N1CCCC1)N1CCC(N2CCc3sccc3C2)CC1. The van der Waals surface area contributed by atoms with Crippen LogP contribution in [0.1, 0.15) is 36.1 Å². The van der Waals surface area contributed by atoms with Gasteiger partial charge in [0.25, 0.3) is 10.2 Å². The predicted molar refractivity (Wildman–Crippen MR) is 92.8 cm³/mol. The van der Waals surface area contributed by atoms with E-state index in [0.717, 1.165) is 45.2 Å². The first kappa shape index (κ1) is 16.0. The Kier molecular flexibility index (Phi) is 4.49. The molecule has 1 aromatic heterocycles. The van der Waals surface area contributed by atoms with E-state index in [1.165, 1.54) is 10.4 Å². The highest BCUT2D eigenvalue weighted by molar-refractivity contribution is 7.86. The number of rotatable bonds is 3. The fraction of sp³-hybridized carbons (Fsp3) is 0.750.